The normalized spacial score (nSPS) is 14.3. The maximum atomic E-state index is 12.8. The summed E-state index contributed by atoms with van der Waals surface area (Å²) in [5.41, 5.74) is 1.48. The molecule has 3 rings (SSSR count). The van der Waals surface area contributed by atoms with Crippen LogP contribution < -0.4 is 20.1 Å². The summed E-state index contributed by atoms with van der Waals surface area (Å²) in [6.07, 6.45) is 0.231. The molecule has 9 nitrogen and oxygen atoms in total. The Morgan fingerprint density at radius 1 is 1.00 bits per heavy atom. The van der Waals surface area contributed by atoms with Gasteiger partial charge in [-0.1, -0.05) is 50.2 Å². The number of amides is 1. The van der Waals surface area contributed by atoms with Crippen molar-refractivity contribution in [1.29, 1.82) is 0 Å². The molecule has 2 aromatic carbocycles. The lowest BCUT2D eigenvalue weighted by atomic mass is 9.81. The van der Waals surface area contributed by atoms with Crippen LogP contribution in [0.5, 0.6) is 11.5 Å². The molecular weight excluding hydrogens is 440 g/mol. The van der Waals surface area contributed by atoms with E-state index >= 15 is 0 Å². The number of fused-ring (bicyclic) bond motifs is 1. The lowest BCUT2D eigenvalue weighted by Gasteiger charge is -2.27. The number of carbonyl (C=O) groups is 3. The summed E-state index contributed by atoms with van der Waals surface area (Å²) in [6, 6.07) is 12.4. The first-order valence-electron chi connectivity index (χ1n) is 11.1. The van der Waals surface area contributed by atoms with Gasteiger partial charge in [-0.25, -0.2) is 4.79 Å². The minimum absolute atomic E-state index is 0.0961. The number of ether oxygens (including phenoxy) is 2. The van der Waals surface area contributed by atoms with Crippen molar-refractivity contribution in [2.24, 2.45) is 0 Å². The molecule has 34 heavy (non-hydrogen) atoms. The van der Waals surface area contributed by atoms with Gasteiger partial charge in [-0.05, 0) is 41.6 Å². The second-order valence-electron chi connectivity index (χ2n) is 8.90. The van der Waals surface area contributed by atoms with E-state index in [9.17, 15) is 24.6 Å². The summed E-state index contributed by atoms with van der Waals surface area (Å²) in [4.78, 5) is 35.9. The number of nitrogens with one attached hydrogen (secondary N) is 2. The number of rotatable bonds is 12. The van der Waals surface area contributed by atoms with Gasteiger partial charge < -0.3 is 30.3 Å². The monoisotopic (exact) mass is 470 g/mol. The molecule has 0 aromatic heterocycles. The quantitative estimate of drug-likeness (QED) is 0.371. The number of carbonyl (C=O) groups excluding carboxylic acids is 1. The third-order valence-corrected chi connectivity index (χ3v) is 5.89. The lowest BCUT2D eigenvalue weighted by Crippen LogP contribution is -2.52. The van der Waals surface area contributed by atoms with Crippen LogP contribution in [0.25, 0.3) is 0 Å². The Balaban J connectivity index is 1.61. The van der Waals surface area contributed by atoms with Crippen molar-refractivity contribution < 1.29 is 34.1 Å². The molecule has 0 spiro atoms. The zero-order valence-electron chi connectivity index (χ0n) is 19.2. The minimum atomic E-state index is -1.18. The molecule has 0 radical (unpaired) electrons. The number of hydrogen-bond acceptors (Lipinski definition) is 6. The third kappa shape index (κ3) is 6.71. The summed E-state index contributed by atoms with van der Waals surface area (Å²) in [6.45, 7) is 4.62. The van der Waals surface area contributed by atoms with Crippen molar-refractivity contribution in [2.75, 3.05) is 13.3 Å². The molecule has 2 atom stereocenters. The van der Waals surface area contributed by atoms with Gasteiger partial charge in [0.2, 0.25) is 12.7 Å². The van der Waals surface area contributed by atoms with Crippen LogP contribution in [0.15, 0.2) is 48.5 Å². The largest absolute Gasteiger partial charge is 0.481 e. The zero-order valence-corrected chi connectivity index (χ0v) is 19.2. The molecule has 1 heterocycles. The maximum absolute atomic E-state index is 12.8. The van der Waals surface area contributed by atoms with Gasteiger partial charge >= 0.3 is 11.9 Å². The topological polar surface area (TPSA) is 134 Å². The molecule has 0 aliphatic carbocycles. The van der Waals surface area contributed by atoms with E-state index in [0.717, 1.165) is 11.1 Å². The van der Waals surface area contributed by atoms with E-state index in [1.807, 2.05) is 38.1 Å². The summed E-state index contributed by atoms with van der Waals surface area (Å²) in [5, 5.41) is 24.3. The predicted molar refractivity (Wildman–Crippen MR) is 124 cm³/mol. The van der Waals surface area contributed by atoms with Crippen LogP contribution in [0.3, 0.4) is 0 Å². The van der Waals surface area contributed by atoms with Crippen molar-refractivity contribution in [3.8, 4) is 11.5 Å². The SMILES string of the molecule is CC(C)(CCN[C@@H](CC(=O)O)C(=O)N[C@@H](Cc1ccccc1)C(=O)O)c1ccc2c(c1)OCO2. The lowest BCUT2D eigenvalue weighted by molar-refractivity contribution is -0.143. The highest BCUT2D eigenvalue weighted by molar-refractivity contribution is 5.89. The average molecular weight is 471 g/mol. The fraction of sp³-hybridized carbons (Fsp3) is 0.400. The Kier molecular flexibility index (Phi) is 8.12. The second kappa shape index (κ2) is 11.0. The van der Waals surface area contributed by atoms with Gasteiger partial charge in [0, 0.05) is 6.42 Å². The molecule has 1 amide bonds. The molecule has 0 fully saturated rings. The van der Waals surface area contributed by atoms with Crippen LogP contribution in [0.2, 0.25) is 0 Å². The van der Waals surface area contributed by atoms with Crippen LogP contribution in [-0.4, -0.2) is 53.5 Å². The Labute approximate surface area is 198 Å². The number of carboxylic acid groups (broad SMARTS) is 2. The average Bonchev–Trinajstić information content (AvgIpc) is 3.26. The highest BCUT2D eigenvalue weighted by Crippen LogP contribution is 2.37. The number of aliphatic carboxylic acids is 2. The fourth-order valence-corrected chi connectivity index (χ4v) is 3.78. The van der Waals surface area contributed by atoms with E-state index in [1.165, 1.54) is 0 Å². The van der Waals surface area contributed by atoms with Crippen LogP contribution >= 0.6 is 0 Å². The first kappa shape index (κ1) is 25.0. The standard InChI is InChI=1S/C25H30N2O7/c1-25(2,17-8-9-20-21(13-17)34-15-33-20)10-11-26-18(14-22(28)29)23(30)27-19(24(31)32)12-16-6-4-3-5-7-16/h3-9,13,18-19,26H,10-12,14-15H2,1-2H3,(H,27,30)(H,28,29)(H,31,32)/t18-,19-/m0/s1. The van der Waals surface area contributed by atoms with E-state index < -0.39 is 36.4 Å². The van der Waals surface area contributed by atoms with Crippen molar-refractivity contribution in [2.45, 2.75) is 50.6 Å². The molecule has 0 saturated heterocycles. The Morgan fingerprint density at radius 2 is 1.71 bits per heavy atom. The van der Waals surface area contributed by atoms with Crippen LogP contribution in [0.4, 0.5) is 0 Å². The van der Waals surface area contributed by atoms with E-state index in [-0.39, 0.29) is 18.6 Å². The number of hydrogen-bond donors (Lipinski definition) is 4. The molecule has 0 bridgehead atoms. The van der Waals surface area contributed by atoms with E-state index in [2.05, 4.69) is 10.6 Å². The van der Waals surface area contributed by atoms with Gasteiger partial charge in [-0.3, -0.25) is 9.59 Å². The van der Waals surface area contributed by atoms with Crippen molar-refractivity contribution in [1.82, 2.24) is 10.6 Å². The summed E-state index contributed by atoms with van der Waals surface area (Å²) in [5.74, 6) is -1.63. The molecule has 4 N–H and O–H groups in total. The van der Waals surface area contributed by atoms with E-state index in [0.29, 0.717) is 24.5 Å². The molecular formula is C25H30N2O7. The number of benzene rings is 2. The molecule has 2 aromatic rings. The van der Waals surface area contributed by atoms with E-state index in [4.69, 9.17) is 9.47 Å². The first-order chi connectivity index (χ1) is 16.2. The second-order valence-corrected chi connectivity index (χ2v) is 8.90. The van der Waals surface area contributed by atoms with Crippen LogP contribution in [-0.2, 0) is 26.2 Å². The number of carboxylic acids is 2. The Hall–Kier alpha value is -3.59. The van der Waals surface area contributed by atoms with Gasteiger partial charge in [0.05, 0.1) is 12.5 Å². The van der Waals surface area contributed by atoms with Gasteiger partial charge in [0.25, 0.3) is 0 Å². The van der Waals surface area contributed by atoms with Crippen molar-refractivity contribution >= 4 is 17.8 Å². The molecule has 0 unspecified atom stereocenters. The summed E-state index contributed by atoms with van der Waals surface area (Å²) >= 11 is 0. The molecule has 182 valence electrons. The zero-order chi connectivity index (χ0) is 24.7. The summed E-state index contributed by atoms with van der Waals surface area (Å²) in [7, 11) is 0. The molecule has 9 heteroatoms. The van der Waals surface area contributed by atoms with Crippen molar-refractivity contribution in [3.05, 3.63) is 59.7 Å². The maximum Gasteiger partial charge on any atom is 0.326 e. The fourth-order valence-electron chi connectivity index (χ4n) is 3.78. The smallest absolute Gasteiger partial charge is 0.326 e. The van der Waals surface area contributed by atoms with Crippen LogP contribution in [0, 0.1) is 0 Å². The molecule has 1 aliphatic heterocycles. The highest BCUT2D eigenvalue weighted by atomic mass is 16.7. The Bertz CT molecular complexity index is 1020. The Morgan fingerprint density at radius 3 is 2.38 bits per heavy atom. The van der Waals surface area contributed by atoms with Gasteiger partial charge in [-0.15, -0.1) is 0 Å². The first-order valence-corrected chi connectivity index (χ1v) is 11.1. The van der Waals surface area contributed by atoms with E-state index in [1.54, 1.807) is 24.3 Å². The third-order valence-electron chi connectivity index (χ3n) is 5.89. The van der Waals surface area contributed by atoms with Crippen LogP contribution in [0.1, 0.15) is 37.8 Å². The molecule has 0 saturated carbocycles. The van der Waals surface area contributed by atoms with Gasteiger partial charge in [0.1, 0.15) is 6.04 Å². The highest BCUT2D eigenvalue weighted by Gasteiger charge is 2.29. The minimum Gasteiger partial charge on any atom is -0.481 e. The van der Waals surface area contributed by atoms with Gasteiger partial charge in [-0.2, -0.15) is 0 Å². The van der Waals surface area contributed by atoms with Crippen molar-refractivity contribution in [3.63, 3.8) is 0 Å². The summed E-state index contributed by atoms with van der Waals surface area (Å²) < 4.78 is 10.8. The molecule has 1 aliphatic rings. The van der Waals surface area contributed by atoms with Gasteiger partial charge in [0.15, 0.2) is 11.5 Å². The predicted octanol–water partition coefficient (Wildman–Crippen LogP) is 2.33.